The van der Waals surface area contributed by atoms with Crippen LogP contribution in [-0.2, 0) is 45.7 Å². The molecule has 1 fully saturated rings. The van der Waals surface area contributed by atoms with Crippen molar-refractivity contribution in [3.8, 4) is 11.3 Å². The predicted octanol–water partition coefficient (Wildman–Crippen LogP) is 7.12. The van der Waals surface area contributed by atoms with E-state index in [1.807, 2.05) is 4.90 Å². The average molecular weight is 966 g/mol. The van der Waals surface area contributed by atoms with Gasteiger partial charge in [-0.25, -0.2) is 0 Å². The summed E-state index contributed by atoms with van der Waals surface area (Å²) in [6.07, 6.45) is 4.54. The topological polar surface area (TPSA) is 298 Å². The first-order chi connectivity index (χ1) is 32.0. The number of piperidine rings is 1. The number of aryl methyl sites for hydroxylation is 1. The number of ketones is 2. The van der Waals surface area contributed by atoms with Crippen LogP contribution in [0.3, 0.4) is 0 Å². The fraction of sp³-hybridized carbons (Fsp3) is 0.386. The number of Topliss-reactive ketones (excluding diaryl/α,β-unsaturated/α-hetero) is 1. The van der Waals surface area contributed by atoms with Crippen molar-refractivity contribution in [1.82, 2.24) is 5.16 Å². The first-order valence-corrected chi connectivity index (χ1v) is 24.3. The highest BCUT2D eigenvalue weighted by Gasteiger charge is 2.36. The van der Waals surface area contributed by atoms with Crippen molar-refractivity contribution in [3.05, 3.63) is 104 Å². The Balaban J connectivity index is 0.888. The van der Waals surface area contributed by atoms with Crippen molar-refractivity contribution in [1.29, 1.82) is 0 Å². The van der Waals surface area contributed by atoms with Crippen LogP contribution in [0.5, 0.6) is 0 Å². The maximum atomic E-state index is 14.2. The van der Waals surface area contributed by atoms with Crippen molar-refractivity contribution < 1.29 is 64.1 Å². The summed E-state index contributed by atoms with van der Waals surface area (Å²) in [5.74, 6) is -0.371. The van der Waals surface area contributed by atoms with Crippen molar-refractivity contribution in [3.63, 3.8) is 0 Å². The second-order valence-electron chi connectivity index (χ2n) is 16.0. The maximum absolute atomic E-state index is 14.2. The molecule has 7 rings (SSSR count). The van der Waals surface area contributed by atoms with Crippen LogP contribution < -0.4 is 10.2 Å². The molecule has 5 aromatic rings. The van der Waals surface area contributed by atoms with Crippen molar-refractivity contribution in [2.24, 2.45) is 5.92 Å². The first-order valence-electron chi connectivity index (χ1n) is 21.4. The summed E-state index contributed by atoms with van der Waals surface area (Å²) in [7, 11) is -9.92. The standard InChI is InChI=1S/C44H47N5O16S2/c50-38(12-4-6-19-63-21-23-64-22-20-62-18-5-3-8-28-13-14-30(48(52)53)24-36(28)49(54)55)29-9-7-17-47(27-29)37-26-35(45-34-16-15-31(66(56,57)58)25-39(34)67(59,60)61)40-41-42(37)46-65-44(41)33-11-2-1-10-32(33)43(40)51/h1-2,10-11,13-16,24-26,29,45H,3-9,12,17-23,27H2,(H,56,57,58)(H,59,60,61)/t29-/m1/s1. The quantitative estimate of drug-likeness (QED) is 0.0235. The van der Waals surface area contributed by atoms with E-state index in [1.54, 1.807) is 30.3 Å². The molecule has 67 heavy (non-hydrogen) atoms. The number of carbonyl (C=O) groups is 2. The monoisotopic (exact) mass is 965 g/mol. The van der Waals surface area contributed by atoms with Crippen LogP contribution >= 0.6 is 0 Å². The van der Waals surface area contributed by atoms with E-state index >= 15 is 0 Å². The van der Waals surface area contributed by atoms with E-state index in [0.29, 0.717) is 149 Å². The molecule has 21 nitrogen and oxygen atoms in total. The first kappa shape index (κ1) is 48.7. The molecule has 0 amide bonds. The fourth-order valence-corrected chi connectivity index (χ4v) is 9.54. The molecule has 4 aromatic carbocycles. The second-order valence-corrected chi connectivity index (χ2v) is 18.8. The summed E-state index contributed by atoms with van der Waals surface area (Å²) in [6.45, 7) is 3.12. The zero-order valence-corrected chi connectivity index (χ0v) is 37.6. The van der Waals surface area contributed by atoms with Crippen LogP contribution in [0.2, 0.25) is 0 Å². The number of non-ortho nitro benzene ring substituents is 1. The van der Waals surface area contributed by atoms with E-state index < -0.39 is 45.7 Å². The molecular weight excluding hydrogens is 919 g/mol. The Hall–Kier alpha value is -6.21. The van der Waals surface area contributed by atoms with Gasteiger partial charge in [0.1, 0.15) is 16.2 Å². The Kier molecular flexibility index (Phi) is 15.4. The third-order valence-electron chi connectivity index (χ3n) is 11.6. The smallest absolute Gasteiger partial charge is 0.296 e. The van der Waals surface area contributed by atoms with E-state index in [0.717, 1.165) is 18.2 Å². The summed E-state index contributed by atoms with van der Waals surface area (Å²) in [5, 5.41) is 29.9. The Labute approximate surface area is 384 Å². The van der Waals surface area contributed by atoms with E-state index in [2.05, 4.69) is 10.5 Å². The highest BCUT2D eigenvalue weighted by Crippen LogP contribution is 2.47. The number of nitro groups is 2. The molecule has 1 aromatic heterocycles. The lowest BCUT2D eigenvalue weighted by atomic mass is 9.85. The largest absolute Gasteiger partial charge is 0.379 e. The molecule has 1 saturated heterocycles. The summed E-state index contributed by atoms with van der Waals surface area (Å²) in [4.78, 5) is 49.0. The molecule has 1 aliphatic heterocycles. The number of fused-ring (bicyclic) bond motifs is 2. The van der Waals surface area contributed by atoms with Crippen LogP contribution in [0.1, 0.15) is 66.4 Å². The molecule has 0 spiro atoms. The lowest BCUT2D eigenvalue weighted by molar-refractivity contribution is -0.394. The summed E-state index contributed by atoms with van der Waals surface area (Å²) >= 11 is 0. The number of hydrogen-bond donors (Lipinski definition) is 3. The summed E-state index contributed by atoms with van der Waals surface area (Å²) < 4.78 is 91.1. The number of nitrogens with one attached hydrogen (secondary N) is 1. The van der Waals surface area contributed by atoms with Crippen LogP contribution in [0, 0.1) is 26.1 Å². The minimum absolute atomic E-state index is 0.0784. The fourth-order valence-electron chi connectivity index (χ4n) is 8.28. The van der Waals surface area contributed by atoms with Gasteiger partial charge < -0.3 is 29.0 Å². The third kappa shape index (κ3) is 11.5. The number of aromatic nitrogens is 1. The number of anilines is 3. The molecule has 0 saturated carbocycles. The lowest BCUT2D eigenvalue weighted by Gasteiger charge is -2.34. The van der Waals surface area contributed by atoms with Gasteiger partial charge in [-0.2, -0.15) is 16.8 Å². The normalized spacial score (nSPS) is 14.9. The summed E-state index contributed by atoms with van der Waals surface area (Å²) in [6, 6.07) is 14.6. The summed E-state index contributed by atoms with van der Waals surface area (Å²) in [5.41, 5.74) is 1.41. The van der Waals surface area contributed by atoms with Gasteiger partial charge >= 0.3 is 0 Å². The SMILES string of the molecule is O=C1c2ccccc2-c2onc3c(N4CCC[C@@H](C(=O)CCCCOCCOCCOCCCCc5ccc([N+](=O)[O-])cc5[N+](=O)[O-])C4)cc(Nc4ccc(S(=O)(=O)O)cc4S(=O)(=O)O)c1c23. The number of nitro benzene ring substituents is 2. The predicted molar refractivity (Wildman–Crippen MR) is 241 cm³/mol. The van der Waals surface area contributed by atoms with Crippen LogP contribution in [0.4, 0.5) is 28.4 Å². The molecule has 1 atom stereocenters. The number of hydrogen-bond acceptors (Lipinski definition) is 17. The average Bonchev–Trinajstić information content (AvgIpc) is 3.74. The van der Waals surface area contributed by atoms with Gasteiger partial charge in [-0.05, 0) is 75.3 Å². The molecule has 2 heterocycles. The Morgan fingerprint density at radius 2 is 1.51 bits per heavy atom. The molecular formula is C44H47N5O16S2. The number of rotatable bonds is 24. The maximum Gasteiger partial charge on any atom is 0.296 e. The minimum Gasteiger partial charge on any atom is -0.379 e. The second kappa shape index (κ2) is 21.2. The van der Waals surface area contributed by atoms with Gasteiger partial charge in [0.25, 0.3) is 31.6 Å². The van der Waals surface area contributed by atoms with Gasteiger partial charge in [-0.1, -0.05) is 29.4 Å². The van der Waals surface area contributed by atoms with Crippen LogP contribution in [0.15, 0.2) is 81.0 Å². The number of carbonyl (C=O) groups excluding carboxylic acids is 2. The number of benzene rings is 4. The zero-order valence-electron chi connectivity index (χ0n) is 36.0. The van der Waals surface area contributed by atoms with Crippen molar-refractivity contribution >= 4 is 71.1 Å². The number of ether oxygens (including phenoxy) is 3. The van der Waals surface area contributed by atoms with Crippen LogP contribution in [-0.4, -0.2) is 105 Å². The number of unbranched alkanes of at least 4 members (excludes halogenated alkanes) is 2. The molecule has 0 unspecified atom stereocenters. The number of nitrogens with zero attached hydrogens (tertiary/aromatic N) is 4. The van der Waals surface area contributed by atoms with E-state index in [4.69, 9.17) is 18.7 Å². The molecule has 23 heteroatoms. The highest BCUT2D eigenvalue weighted by molar-refractivity contribution is 7.86. The van der Waals surface area contributed by atoms with E-state index in [-0.39, 0.29) is 40.0 Å². The van der Waals surface area contributed by atoms with E-state index in [1.165, 1.54) is 12.1 Å². The molecule has 2 aliphatic rings. The van der Waals surface area contributed by atoms with Gasteiger partial charge in [0.15, 0.2) is 11.5 Å². The lowest BCUT2D eigenvalue weighted by Crippen LogP contribution is -2.39. The molecule has 0 bridgehead atoms. The van der Waals surface area contributed by atoms with Crippen LogP contribution in [0.25, 0.3) is 22.2 Å². The molecule has 1 aliphatic carbocycles. The molecule has 0 radical (unpaired) electrons. The van der Waals surface area contributed by atoms with Crippen molar-refractivity contribution in [2.75, 3.05) is 62.9 Å². The van der Waals surface area contributed by atoms with E-state index in [9.17, 15) is 55.8 Å². The Bertz CT molecular complexity index is 2920. The van der Waals surface area contributed by atoms with Gasteiger partial charge in [-0.3, -0.25) is 38.9 Å². The van der Waals surface area contributed by atoms with Gasteiger partial charge in [0.2, 0.25) is 0 Å². The Morgan fingerprint density at radius 1 is 0.821 bits per heavy atom. The minimum atomic E-state index is -5.07. The zero-order chi connectivity index (χ0) is 47.9. The Morgan fingerprint density at radius 3 is 2.18 bits per heavy atom. The molecule has 356 valence electrons. The van der Waals surface area contributed by atoms with Crippen molar-refractivity contribution in [2.45, 2.75) is 61.2 Å². The van der Waals surface area contributed by atoms with Gasteiger partial charge in [-0.15, -0.1) is 0 Å². The van der Waals surface area contributed by atoms with Gasteiger partial charge in [0, 0.05) is 61.4 Å². The van der Waals surface area contributed by atoms with Gasteiger partial charge in [0.05, 0.1) is 75.2 Å². The highest BCUT2D eigenvalue weighted by atomic mass is 32.2. The molecule has 3 N–H and O–H groups in total. The third-order valence-corrected chi connectivity index (χ3v) is 13.3.